The van der Waals surface area contributed by atoms with Gasteiger partial charge < -0.3 is 9.47 Å². The van der Waals surface area contributed by atoms with Gasteiger partial charge >= 0.3 is 5.97 Å². The molecule has 0 aromatic heterocycles. The van der Waals surface area contributed by atoms with E-state index in [0.29, 0.717) is 0 Å². The van der Waals surface area contributed by atoms with Crippen LogP contribution in [0.1, 0.15) is 18.1 Å². The molecule has 2 aromatic rings. The van der Waals surface area contributed by atoms with Gasteiger partial charge in [-0.1, -0.05) is 17.7 Å². The lowest BCUT2D eigenvalue weighted by atomic mass is 10.1. The Morgan fingerprint density at radius 3 is 2.80 bits per heavy atom. The maximum atomic E-state index is 14.6. The summed E-state index contributed by atoms with van der Waals surface area (Å²) in [5, 5.41) is 8.99. The van der Waals surface area contributed by atoms with Gasteiger partial charge in [0, 0.05) is 11.1 Å². The molecule has 0 atom stereocenters. The molecule has 7 heteroatoms. The second-order valence-corrected chi connectivity index (χ2v) is 5.28. The number of halogens is 2. The van der Waals surface area contributed by atoms with Crippen molar-refractivity contribution in [3.63, 3.8) is 0 Å². The lowest BCUT2D eigenvalue weighted by molar-refractivity contribution is -0.142. The van der Waals surface area contributed by atoms with Gasteiger partial charge in [0.15, 0.2) is 17.3 Å². The van der Waals surface area contributed by atoms with Crippen molar-refractivity contribution >= 4 is 23.3 Å². The summed E-state index contributed by atoms with van der Waals surface area (Å²) < 4.78 is 24.9. The first-order valence-electron chi connectivity index (χ1n) is 7.21. The van der Waals surface area contributed by atoms with Gasteiger partial charge in [-0.05, 0) is 31.2 Å². The van der Waals surface area contributed by atoms with Crippen LogP contribution in [0.15, 0.2) is 30.3 Å². The Kier molecular flexibility index (Phi) is 5.94. The molecule has 2 aromatic carbocycles. The van der Waals surface area contributed by atoms with Crippen molar-refractivity contribution in [2.24, 2.45) is 0 Å². The van der Waals surface area contributed by atoms with Crippen molar-refractivity contribution in [2.75, 3.05) is 6.61 Å². The summed E-state index contributed by atoms with van der Waals surface area (Å²) in [6, 6.07) is 8.78. The number of nitriles is 1. The molecule has 0 saturated carbocycles. The molecule has 0 unspecified atom stereocenters. The van der Waals surface area contributed by atoms with Gasteiger partial charge in [-0.15, -0.1) is 0 Å². The SMILES string of the molecule is [C-]#[N+]c1cc(C#N)cc(Oc2c(Cl)ccc(CC(=O)OCC)c2F)c1. The number of hydrogen-bond donors (Lipinski definition) is 0. The molecule has 0 heterocycles. The quantitative estimate of drug-likeness (QED) is 0.569. The molecular weight excluding hydrogens is 347 g/mol. The Hall–Kier alpha value is -3.09. The molecule has 0 bridgehead atoms. The van der Waals surface area contributed by atoms with Gasteiger partial charge in [0.25, 0.3) is 0 Å². The van der Waals surface area contributed by atoms with E-state index in [2.05, 4.69) is 4.85 Å². The van der Waals surface area contributed by atoms with E-state index in [0.717, 1.165) is 0 Å². The average Bonchev–Trinajstić information content (AvgIpc) is 2.61. The van der Waals surface area contributed by atoms with E-state index in [-0.39, 0.29) is 46.4 Å². The number of carbonyl (C=O) groups is 1. The Bertz CT molecular complexity index is 868. The van der Waals surface area contributed by atoms with E-state index in [4.69, 9.17) is 32.9 Å². The highest BCUT2D eigenvalue weighted by Gasteiger charge is 2.18. The molecule has 0 fully saturated rings. The van der Waals surface area contributed by atoms with Gasteiger partial charge in [0.05, 0.1) is 30.7 Å². The van der Waals surface area contributed by atoms with E-state index in [1.807, 2.05) is 6.07 Å². The zero-order chi connectivity index (χ0) is 18.4. The highest BCUT2D eigenvalue weighted by molar-refractivity contribution is 6.32. The molecule has 25 heavy (non-hydrogen) atoms. The zero-order valence-electron chi connectivity index (χ0n) is 13.2. The molecule has 5 nitrogen and oxygen atoms in total. The minimum Gasteiger partial charge on any atom is -0.466 e. The van der Waals surface area contributed by atoms with Crippen LogP contribution in [0.3, 0.4) is 0 Å². The van der Waals surface area contributed by atoms with Crippen LogP contribution in [-0.4, -0.2) is 12.6 Å². The largest absolute Gasteiger partial charge is 0.466 e. The van der Waals surface area contributed by atoms with Crippen molar-refractivity contribution in [3.05, 3.63) is 63.7 Å². The fourth-order valence-corrected chi connectivity index (χ4v) is 2.24. The third-order valence-electron chi connectivity index (χ3n) is 3.14. The van der Waals surface area contributed by atoms with Gasteiger partial charge in [-0.2, -0.15) is 5.26 Å². The number of benzene rings is 2. The maximum absolute atomic E-state index is 14.6. The molecule has 0 aliphatic heterocycles. The summed E-state index contributed by atoms with van der Waals surface area (Å²) in [4.78, 5) is 14.8. The normalized spacial score (nSPS) is 9.80. The van der Waals surface area contributed by atoms with Gasteiger partial charge in [-0.3, -0.25) is 4.79 Å². The Morgan fingerprint density at radius 2 is 2.16 bits per heavy atom. The highest BCUT2D eigenvalue weighted by atomic mass is 35.5. The topological polar surface area (TPSA) is 63.7 Å². The lowest BCUT2D eigenvalue weighted by Crippen LogP contribution is -2.09. The monoisotopic (exact) mass is 358 g/mol. The number of rotatable bonds is 5. The predicted octanol–water partition coefficient (Wildman–Crippen LogP) is 4.80. The summed E-state index contributed by atoms with van der Waals surface area (Å²) in [6.45, 7) is 8.88. The van der Waals surface area contributed by atoms with Crippen LogP contribution in [0.25, 0.3) is 4.85 Å². The average molecular weight is 359 g/mol. The van der Waals surface area contributed by atoms with Crippen LogP contribution >= 0.6 is 11.6 Å². The number of esters is 1. The summed E-state index contributed by atoms with van der Waals surface area (Å²) in [6.07, 6.45) is -0.265. The summed E-state index contributed by atoms with van der Waals surface area (Å²) in [5.74, 6) is -1.56. The molecule has 0 N–H and O–H groups in total. The van der Waals surface area contributed by atoms with Crippen LogP contribution in [0.4, 0.5) is 10.1 Å². The predicted molar refractivity (Wildman–Crippen MR) is 89.2 cm³/mol. The third kappa shape index (κ3) is 4.47. The third-order valence-corrected chi connectivity index (χ3v) is 3.44. The molecule has 0 amide bonds. The molecule has 0 aliphatic carbocycles. The fraction of sp³-hybridized carbons (Fsp3) is 0.167. The molecule has 2 rings (SSSR count). The van der Waals surface area contributed by atoms with Crippen LogP contribution in [0.5, 0.6) is 11.5 Å². The second-order valence-electron chi connectivity index (χ2n) is 4.87. The fourth-order valence-electron chi connectivity index (χ4n) is 2.06. The van der Waals surface area contributed by atoms with Gasteiger partial charge in [0.1, 0.15) is 5.75 Å². The van der Waals surface area contributed by atoms with Crippen molar-refractivity contribution in [1.82, 2.24) is 0 Å². The minimum absolute atomic E-state index is 0.00293. The van der Waals surface area contributed by atoms with E-state index < -0.39 is 11.8 Å². The van der Waals surface area contributed by atoms with E-state index >= 15 is 0 Å². The van der Waals surface area contributed by atoms with Crippen molar-refractivity contribution in [3.8, 4) is 17.6 Å². The Balaban J connectivity index is 2.38. The Morgan fingerprint density at radius 1 is 1.40 bits per heavy atom. The van der Waals surface area contributed by atoms with E-state index in [1.54, 1.807) is 6.92 Å². The number of ether oxygens (including phenoxy) is 2. The van der Waals surface area contributed by atoms with Gasteiger partial charge in [0.2, 0.25) is 0 Å². The summed E-state index contributed by atoms with van der Waals surface area (Å²) in [7, 11) is 0. The van der Waals surface area contributed by atoms with E-state index in [1.165, 1.54) is 30.3 Å². The smallest absolute Gasteiger partial charge is 0.310 e. The molecule has 0 spiro atoms. The molecule has 126 valence electrons. The number of hydrogen-bond acceptors (Lipinski definition) is 4. The Labute approximate surface area is 149 Å². The molecule has 0 radical (unpaired) electrons. The first-order valence-corrected chi connectivity index (χ1v) is 7.59. The van der Waals surface area contributed by atoms with Crippen molar-refractivity contribution < 1.29 is 18.7 Å². The van der Waals surface area contributed by atoms with Crippen LogP contribution < -0.4 is 4.74 Å². The maximum Gasteiger partial charge on any atom is 0.310 e. The highest BCUT2D eigenvalue weighted by Crippen LogP contribution is 2.35. The van der Waals surface area contributed by atoms with Crippen LogP contribution in [0, 0.1) is 23.7 Å². The second kappa shape index (κ2) is 8.14. The summed E-state index contributed by atoms with van der Waals surface area (Å²) in [5.41, 5.74) is 0.440. The lowest BCUT2D eigenvalue weighted by Gasteiger charge is -2.12. The number of carbonyl (C=O) groups excluding carboxylic acids is 1. The first kappa shape index (κ1) is 18.3. The van der Waals surface area contributed by atoms with E-state index in [9.17, 15) is 9.18 Å². The molecule has 0 aliphatic rings. The van der Waals surface area contributed by atoms with Crippen molar-refractivity contribution in [2.45, 2.75) is 13.3 Å². The van der Waals surface area contributed by atoms with Crippen molar-refractivity contribution in [1.29, 1.82) is 5.26 Å². The first-order chi connectivity index (χ1) is 12.0. The number of nitrogens with zero attached hydrogens (tertiary/aromatic N) is 2. The molecule has 0 saturated heterocycles. The summed E-state index contributed by atoms with van der Waals surface area (Å²) >= 11 is 5.99. The van der Waals surface area contributed by atoms with Crippen LogP contribution in [0.2, 0.25) is 5.02 Å². The standard InChI is InChI=1S/C18H12ClFN2O3/c1-3-24-16(23)8-12-4-5-15(19)18(17(12)20)25-14-7-11(10-21)6-13(9-14)22-2/h4-7,9H,3,8H2,1H3. The minimum atomic E-state index is -0.799. The zero-order valence-corrected chi connectivity index (χ0v) is 13.9. The van der Waals surface area contributed by atoms with Gasteiger partial charge in [-0.25, -0.2) is 9.24 Å². The molecular formula is C18H12ClFN2O3. The van der Waals surface area contributed by atoms with Crippen LogP contribution in [-0.2, 0) is 16.0 Å².